The van der Waals surface area contributed by atoms with E-state index in [1.165, 1.54) is 36.1 Å². The Kier molecular flexibility index (Phi) is 4.65. The Morgan fingerprint density at radius 2 is 1.92 bits per heavy atom. The van der Waals surface area contributed by atoms with Crippen molar-refractivity contribution in [3.63, 3.8) is 0 Å². The molecule has 2 N–H and O–H groups in total. The third-order valence-electron chi connectivity index (χ3n) is 6.55. The Morgan fingerprint density at radius 3 is 2.54 bits per heavy atom. The molecule has 2 fully saturated rings. The molecule has 1 saturated heterocycles. The predicted octanol–water partition coefficient (Wildman–Crippen LogP) is 4.83. The number of nitrogens with one attached hydrogen (secondary N) is 2. The number of aryl methyl sites for hydroxylation is 1. The molecule has 3 rings (SSSR count). The summed E-state index contributed by atoms with van der Waals surface area (Å²) in [6.45, 7) is 11.5. The van der Waals surface area contributed by atoms with Gasteiger partial charge in [-0.3, -0.25) is 0 Å². The zero-order valence-corrected chi connectivity index (χ0v) is 16.5. The number of anilines is 1. The third kappa shape index (κ3) is 3.06. The molecule has 132 valence electrons. The second-order valence-corrected chi connectivity index (χ2v) is 8.68. The maximum atomic E-state index is 5.66. The molecule has 1 aromatic rings. The van der Waals surface area contributed by atoms with Gasteiger partial charge in [0.05, 0.1) is 5.69 Å². The minimum atomic E-state index is -0.0619. The standard InChI is InChI=1S/C20H31N3S/c1-6-19(4,5)16-10-12-20(13-11-16)21-18(24)23(22-20)17-9-7-8-14(2)15(17)3/h7-9,16,22H,6,10-13H2,1-5H3,(H,21,24). The van der Waals surface area contributed by atoms with Crippen LogP contribution in [-0.2, 0) is 0 Å². The van der Waals surface area contributed by atoms with E-state index in [0.29, 0.717) is 5.41 Å². The first-order valence-electron chi connectivity index (χ1n) is 9.24. The zero-order valence-electron chi connectivity index (χ0n) is 15.7. The smallest absolute Gasteiger partial charge is 0.189 e. The summed E-state index contributed by atoms with van der Waals surface area (Å²) in [6.07, 6.45) is 6.01. The lowest BCUT2D eigenvalue weighted by Crippen LogP contribution is -2.54. The molecule has 1 aromatic carbocycles. The molecule has 0 atom stereocenters. The second-order valence-electron chi connectivity index (χ2n) is 8.29. The fraction of sp³-hybridized carbons (Fsp3) is 0.650. The van der Waals surface area contributed by atoms with Crippen LogP contribution < -0.4 is 15.8 Å². The van der Waals surface area contributed by atoms with Crippen molar-refractivity contribution in [2.45, 2.75) is 72.4 Å². The molecule has 1 aliphatic carbocycles. The van der Waals surface area contributed by atoms with Crippen molar-refractivity contribution in [2.24, 2.45) is 11.3 Å². The molecule has 24 heavy (non-hydrogen) atoms. The first-order valence-corrected chi connectivity index (χ1v) is 9.65. The summed E-state index contributed by atoms with van der Waals surface area (Å²) in [7, 11) is 0. The normalized spacial score (nSPS) is 27.6. The molecule has 1 aliphatic heterocycles. The first-order chi connectivity index (χ1) is 11.3. The lowest BCUT2D eigenvalue weighted by Gasteiger charge is -2.43. The summed E-state index contributed by atoms with van der Waals surface area (Å²) in [5, 5.41) is 6.49. The molecular weight excluding hydrogens is 314 g/mol. The molecule has 1 spiro atoms. The van der Waals surface area contributed by atoms with Crippen molar-refractivity contribution < 1.29 is 0 Å². The van der Waals surface area contributed by atoms with Gasteiger partial charge in [-0.2, -0.15) is 0 Å². The zero-order chi connectivity index (χ0) is 17.5. The van der Waals surface area contributed by atoms with E-state index < -0.39 is 0 Å². The summed E-state index contributed by atoms with van der Waals surface area (Å²) in [5.74, 6) is 0.806. The average Bonchev–Trinajstić information content (AvgIpc) is 2.86. The van der Waals surface area contributed by atoms with E-state index >= 15 is 0 Å². The van der Waals surface area contributed by atoms with E-state index in [1.807, 2.05) is 0 Å². The van der Waals surface area contributed by atoms with Crippen LogP contribution in [0.4, 0.5) is 5.69 Å². The summed E-state index contributed by atoms with van der Waals surface area (Å²) < 4.78 is 0. The maximum absolute atomic E-state index is 5.66. The minimum absolute atomic E-state index is 0.0619. The molecule has 0 amide bonds. The number of hydrazine groups is 1. The van der Waals surface area contributed by atoms with Gasteiger partial charge >= 0.3 is 0 Å². The highest BCUT2D eigenvalue weighted by molar-refractivity contribution is 7.80. The summed E-state index contributed by atoms with van der Waals surface area (Å²) in [6, 6.07) is 6.40. The van der Waals surface area contributed by atoms with Gasteiger partial charge in [0.25, 0.3) is 0 Å². The number of benzene rings is 1. The SMILES string of the molecule is CCC(C)(C)C1CCC2(CC1)NC(=S)N(c1cccc(C)c1C)N2. The molecule has 4 heteroatoms. The molecule has 3 nitrogen and oxygen atoms in total. The first kappa shape index (κ1) is 17.7. The number of thiocarbonyl (C=S) groups is 1. The van der Waals surface area contributed by atoms with Gasteiger partial charge in [-0.1, -0.05) is 39.3 Å². The Balaban J connectivity index is 1.75. The van der Waals surface area contributed by atoms with Crippen molar-refractivity contribution in [1.82, 2.24) is 10.7 Å². The summed E-state index contributed by atoms with van der Waals surface area (Å²) in [4.78, 5) is 0. The average molecular weight is 346 g/mol. The molecular formula is C20H31N3S. The van der Waals surface area contributed by atoms with Crippen molar-refractivity contribution >= 4 is 23.0 Å². The van der Waals surface area contributed by atoms with Gasteiger partial charge < -0.3 is 5.32 Å². The summed E-state index contributed by atoms with van der Waals surface area (Å²) in [5.41, 5.74) is 7.84. The maximum Gasteiger partial charge on any atom is 0.189 e. The van der Waals surface area contributed by atoms with Crippen LogP contribution in [-0.4, -0.2) is 10.8 Å². The van der Waals surface area contributed by atoms with Crippen LogP contribution in [0.2, 0.25) is 0 Å². The Morgan fingerprint density at radius 1 is 1.25 bits per heavy atom. The van der Waals surface area contributed by atoms with Crippen LogP contribution in [0.1, 0.15) is 64.0 Å². The van der Waals surface area contributed by atoms with Gasteiger partial charge in [-0.05, 0) is 80.3 Å². The van der Waals surface area contributed by atoms with Crippen LogP contribution >= 0.6 is 12.2 Å². The van der Waals surface area contributed by atoms with Crippen LogP contribution in [0.25, 0.3) is 0 Å². The fourth-order valence-corrected chi connectivity index (χ4v) is 4.46. The number of nitrogens with zero attached hydrogens (tertiary/aromatic N) is 1. The van der Waals surface area contributed by atoms with Crippen molar-refractivity contribution in [3.05, 3.63) is 29.3 Å². The van der Waals surface area contributed by atoms with Crippen LogP contribution in [0.15, 0.2) is 18.2 Å². The second kappa shape index (κ2) is 6.30. The lowest BCUT2D eigenvalue weighted by molar-refractivity contribution is 0.0997. The molecule has 0 radical (unpaired) electrons. The van der Waals surface area contributed by atoms with Gasteiger partial charge in [0.1, 0.15) is 5.66 Å². The Labute approximate surface area is 152 Å². The van der Waals surface area contributed by atoms with E-state index in [9.17, 15) is 0 Å². The van der Waals surface area contributed by atoms with E-state index in [-0.39, 0.29) is 5.66 Å². The third-order valence-corrected chi connectivity index (χ3v) is 6.83. The van der Waals surface area contributed by atoms with Crippen molar-refractivity contribution in [2.75, 3.05) is 5.01 Å². The van der Waals surface area contributed by atoms with E-state index in [4.69, 9.17) is 12.2 Å². The Bertz CT molecular complexity index is 630. The predicted molar refractivity (Wildman–Crippen MR) is 106 cm³/mol. The van der Waals surface area contributed by atoms with E-state index in [2.05, 4.69) is 68.6 Å². The van der Waals surface area contributed by atoms with Crippen LogP contribution in [0.5, 0.6) is 0 Å². The highest BCUT2D eigenvalue weighted by Gasteiger charge is 2.45. The topological polar surface area (TPSA) is 27.3 Å². The Hall–Kier alpha value is -1.13. The lowest BCUT2D eigenvalue weighted by atomic mass is 9.67. The fourth-order valence-electron chi connectivity index (χ4n) is 4.12. The van der Waals surface area contributed by atoms with Gasteiger partial charge in [0, 0.05) is 0 Å². The van der Waals surface area contributed by atoms with E-state index in [0.717, 1.165) is 23.9 Å². The molecule has 0 aromatic heterocycles. The van der Waals surface area contributed by atoms with Gasteiger partial charge in [0.15, 0.2) is 5.11 Å². The molecule has 1 heterocycles. The van der Waals surface area contributed by atoms with E-state index in [1.54, 1.807) is 0 Å². The highest BCUT2D eigenvalue weighted by Crippen LogP contribution is 2.44. The van der Waals surface area contributed by atoms with Gasteiger partial charge in [-0.25, -0.2) is 10.4 Å². The molecule has 0 bridgehead atoms. The van der Waals surface area contributed by atoms with Gasteiger partial charge in [-0.15, -0.1) is 0 Å². The molecule has 1 saturated carbocycles. The number of hydrogen-bond acceptors (Lipinski definition) is 2. The van der Waals surface area contributed by atoms with Crippen LogP contribution in [0, 0.1) is 25.2 Å². The molecule has 2 aliphatic rings. The van der Waals surface area contributed by atoms with Crippen molar-refractivity contribution in [1.29, 1.82) is 0 Å². The quantitative estimate of drug-likeness (QED) is 0.768. The van der Waals surface area contributed by atoms with Gasteiger partial charge in [0.2, 0.25) is 0 Å². The monoisotopic (exact) mass is 345 g/mol. The minimum Gasteiger partial charge on any atom is -0.342 e. The number of hydrogen-bond donors (Lipinski definition) is 2. The van der Waals surface area contributed by atoms with Crippen LogP contribution in [0.3, 0.4) is 0 Å². The molecule has 0 unspecified atom stereocenters. The summed E-state index contributed by atoms with van der Waals surface area (Å²) >= 11 is 5.66. The van der Waals surface area contributed by atoms with Crippen molar-refractivity contribution in [3.8, 4) is 0 Å². The largest absolute Gasteiger partial charge is 0.342 e. The number of rotatable bonds is 3. The highest BCUT2D eigenvalue weighted by atomic mass is 32.1.